The van der Waals surface area contributed by atoms with Gasteiger partial charge in [0.1, 0.15) is 30.1 Å². The van der Waals surface area contributed by atoms with E-state index in [9.17, 15) is 18.3 Å². The second kappa shape index (κ2) is 14.6. The summed E-state index contributed by atoms with van der Waals surface area (Å²) in [4.78, 5) is 8.86. The van der Waals surface area contributed by atoms with Crippen LogP contribution >= 0.6 is 0 Å². The number of aliphatic hydroxyl groups excluding tert-OH is 1. The maximum absolute atomic E-state index is 12.7. The van der Waals surface area contributed by atoms with Crippen molar-refractivity contribution in [2.45, 2.75) is 90.7 Å². The number of benzene rings is 2. The number of unbranched alkanes of at least 4 members (excludes halogenated alkanes) is 1. The molecule has 0 radical (unpaired) electrons. The highest BCUT2D eigenvalue weighted by molar-refractivity contribution is 6.74. The van der Waals surface area contributed by atoms with E-state index in [-0.39, 0.29) is 18.3 Å². The summed E-state index contributed by atoms with van der Waals surface area (Å²) < 4.78 is 58.1. The standard InChI is InChI=1S/C34H42F3N3O4Si/c1-33(2,3)45(4,5)44-24-31-38-17-19-40(31)18-7-6-8-26-12-15-30(20-27(26)21-41)42-22-29-23-43-32(39-29)16-11-25-9-13-28(14-10-25)34(35,36)37/h9-17,19-20,23,41H,6-8,18,21-22,24H2,1-5H3/b16-11+. The molecule has 1 N–H and O–H groups in total. The third-order valence-corrected chi connectivity index (χ3v) is 12.7. The number of oxazole rings is 1. The second-order valence-corrected chi connectivity index (χ2v) is 17.4. The van der Waals surface area contributed by atoms with Crippen molar-refractivity contribution < 1.29 is 31.9 Å². The van der Waals surface area contributed by atoms with E-state index < -0.39 is 20.1 Å². The van der Waals surface area contributed by atoms with Crippen LogP contribution in [0.5, 0.6) is 5.75 Å². The Morgan fingerprint density at radius 3 is 2.42 bits per heavy atom. The molecule has 0 amide bonds. The smallest absolute Gasteiger partial charge is 0.416 e. The number of hydrogen-bond donors (Lipinski definition) is 1. The zero-order valence-electron chi connectivity index (χ0n) is 26.5. The summed E-state index contributed by atoms with van der Waals surface area (Å²) in [5, 5.41) is 10.1. The predicted octanol–water partition coefficient (Wildman–Crippen LogP) is 8.68. The third-order valence-electron chi connectivity index (χ3n) is 8.23. The van der Waals surface area contributed by atoms with Crippen LogP contribution in [0.4, 0.5) is 13.2 Å². The fraction of sp³-hybridized carbons (Fsp3) is 0.412. The van der Waals surface area contributed by atoms with Crippen molar-refractivity contribution in [3.8, 4) is 5.75 Å². The molecule has 0 aliphatic heterocycles. The third kappa shape index (κ3) is 9.66. The van der Waals surface area contributed by atoms with Gasteiger partial charge in [0, 0.05) is 25.0 Å². The van der Waals surface area contributed by atoms with Crippen molar-refractivity contribution in [1.29, 1.82) is 0 Å². The van der Waals surface area contributed by atoms with E-state index in [1.54, 1.807) is 12.2 Å². The number of rotatable bonds is 14. The van der Waals surface area contributed by atoms with E-state index in [0.29, 0.717) is 29.5 Å². The van der Waals surface area contributed by atoms with Crippen molar-refractivity contribution in [3.63, 3.8) is 0 Å². The number of aryl methyl sites for hydroxylation is 2. The Kier molecular flexibility index (Phi) is 11.1. The molecule has 0 fully saturated rings. The van der Waals surface area contributed by atoms with Gasteiger partial charge < -0.3 is 23.3 Å². The number of hydrogen-bond acceptors (Lipinski definition) is 6. The summed E-state index contributed by atoms with van der Waals surface area (Å²) in [5.41, 5.74) is 2.35. The first-order valence-corrected chi connectivity index (χ1v) is 18.0. The molecule has 2 heterocycles. The number of nitrogens with zero attached hydrogens (tertiary/aromatic N) is 3. The molecule has 4 rings (SSSR count). The average molecular weight is 642 g/mol. The van der Waals surface area contributed by atoms with Crippen molar-refractivity contribution in [2.24, 2.45) is 0 Å². The lowest BCUT2D eigenvalue weighted by atomic mass is 10.0. The first kappa shape index (κ1) is 34.2. The summed E-state index contributed by atoms with van der Waals surface area (Å²) in [5.74, 6) is 1.87. The summed E-state index contributed by atoms with van der Waals surface area (Å²) in [6.45, 7) is 12.6. The highest BCUT2D eigenvalue weighted by atomic mass is 28.4. The molecule has 0 atom stereocenters. The first-order chi connectivity index (χ1) is 21.2. The van der Waals surface area contributed by atoms with Gasteiger partial charge in [0.05, 0.1) is 18.8 Å². The van der Waals surface area contributed by atoms with Crippen LogP contribution in [0.2, 0.25) is 18.1 Å². The van der Waals surface area contributed by atoms with Crippen LogP contribution in [0.15, 0.2) is 65.5 Å². The van der Waals surface area contributed by atoms with Gasteiger partial charge in [0.15, 0.2) is 8.32 Å². The van der Waals surface area contributed by atoms with E-state index in [1.165, 1.54) is 18.4 Å². The van der Waals surface area contributed by atoms with Crippen LogP contribution < -0.4 is 4.74 Å². The minimum Gasteiger partial charge on any atom is -0.487 e. The largest absolute Gasteiger partial charge is 0.487 e. The molecule has 4 aromatic rings. The van der Waals surface area contributed by atoms with E-state index in [1.807, 2.05) is 30.6 Å². The molecule has 2 aromatic carbocycles. The van der Waals surface area contributed by atoms with E-state index in [0.717, 1.165) is 54.9 Å². The van der Waals surface area contributed by atoms with Crippen LogP contribution in [0.25, 0.3) is 12.2 Å². The maximum atomic E-state index is 12.7. The van der Waals surface area contributed by atoms with Gasteiger partial charge in [-0.15, -0.1) is 0 Å². The van der Waals surface area contributed by atoms with Gasteiger partial charge in [-0.05, 0) is 84.4 Å². The molecule has 0 saturated heterocycles. The van der Waals surface area contributed by atoms with Gasteiger partial charge in [-0.25, -0.2) is 9.97 Å². The van der Waals surface area contributed by atoms with Crippen LogP contribution in [0.1, 0.15) is 73.3 Å². The lowest BCUT2D eigenvalue weighted by Gasteiger charge is -2.36. The molecule has 2 aromatic heterocycles. The Balaban J connectivity index is 1.24. The maximum Gasteiger partial charge on any atom is 0.416 e. The Labute approximate surface area is 263 Å². The zero-order valence-corrected chi connectivity index (χ0v) is 27.5. The van der Waals surface area contributed by atoms with Crippen molar-refractivity contribution in [1.82, 2.24) is 14.5 Å². The Hall–Kier alpha value is -3.67. The molecule has 0 aliphatic carbocycles. The summed E-state index contributed by atoms with van der Waals surface area (Å²) in [7, 11) is -1.85. The topological polar surface area (TPSA) is 82.5 Å². The minimum atomic E-state index is -4.37. The van der Waals surface area contributed by atoms with Crippen molar-refractivity contribution in [3.05, 3.63) is 101 Å². The summed E-state index contributed by atoms with van der Waals surface area (Å²) in [6, 6.07) is 10.5. The normalized spacial score (nSPS) is 12.7. The quantitative estimate of drug-likeness (QED) is 0.110. The summed E-state index contributed by atoms with van der Waals surface area (Å²) >= 11 is 0. The van der Waals surface area contributed by atoms with Gasteiger partial charge in [-0.2, -0.15) is 13.2 Å². The Morgan fingerprint density at radius 1 is 0.978 bits per heavy atom. The minimum absolute atomic E-state index is 0.0914. The van der Waals surface area contributed by atoms with Crippen LogP contribution in [0.3, 0.4) is 0 Å². The highest BCUT2D eigenvalue weighted by Crippen LogP contribution is 2.37. The predicted molar refractivity (Wildman–Crippen MR) is 171 cm³/mol. The van der Waals surface area contributed by atoms with Crippen LogP contribution in [-0.2, 0) is 43.4 Å². The number of aromatic nitrogens is 3. The highest BCUT2D eigenvalue weighted by Gasteiger charge is 2.37. The molecule has 0 spiro atoms. The molecule has 242 valence electrons. The van der Waals surface area contributed by atoms with E-state index in [2.05, 4.69) is 48.4 Å². The van der Waals surface area contributed by atoms with E-state index >= 15 is 0 Å². The molecule has 45 heavy (non-hydrogen) atoms. The molecule has 7 nitrogen and oxygen atoms in total. The number of imidazole rings is 1. The molecule has 0 bridgehead atoms. The number of ether oxygens (including phenoxy) is 1. The van der Waals surface area contributed by atoms with Crippen LogP contribution in [0, 0.1) is 0 Å². The monoisotopic (exact) mass is 641 g/mol. The van der Waals surface area contributed by atoms with Gasteiger partial charge in [0.2, 0.25) is 5.89 Å². The van der Waals surface area contributed by atoms with E-state index in [4.69, 9.17) is 13.6 Å². The number of alkyl halides is 3. The molecule has 0 unspecified atom stereocenters. The Bertz CT molecular complexity index is 1550. The van der Waals surface area contributed by atoms with Gasteiger partial charge in [-0.3, -0.25) is 0 Å². The number of aliphatic hydroxyl groups is 1. The van der Waals surface area contributed by atoms with Crippen molar-refractivity contribution >= 4 is 20.5 Å². The lowest BCUT2D eigenvalue weighted by molar-refractivity contribution is -0.137. The molecular weight excluding hydrogens is 599 g/mol. The second-order valence-electron chi connectivity index (χ2n) is 12.6. The first-order valence-electron chi connectivity index (χ1n) is 15.0. The fourth-order valence-electron chi connectivity index (χ4n) is 4.40. The zero-order chi connectivity index (χ0) is 32.7. The lowest BCUT2D eigenvalue weighted by Crippen LogP contribution is -2.40. The summed E-state index contributed by atoms with van der Waals surface area (Å²) in [6.07, 6.45) is 6.89. The molecule has 11 heteroatoms. The van der Waals surface area contributed by atoms with Gasteiger partial charge in [0.25, 0.3) is 0 Å². The Morgan fingerprint density at radius 2 is 1.73 bits per heavy atom. The van der Waals surface area contributed by atoms with Gasteiger partial charge in [-0.1, -0.05) is 39.0 Å². The molecule has 0 aliphatic rings. The van der Waals surface area contributed by atoms with Crippen molar-refractivity contribution in [2.75, 3.05) is 0 Å². The average Bonchev–Trinajstić information content (AvgIpc) is 3.65. The van der Waals surface area contributed by atoms with Crippen LogP contribution in [-0.4, -0.2) is 28.0 Å². The molecule has 0 saturated carbocycles. The SMILES string of the molecule is CC(C)(C)[Si](C)(C)OCc1nccn1CCCCc1ccc(OCc2coc(/C=C/c3ccc(C(F)(F)F)cc3)n2)cc1CO. The molecular formula is C34H42F3N3O4Si. The number of halogens is 3. The fourth-order valence-corrected chi connectivity index (χ4v) is 5.32. The van der Waals surface area contributed by atoms with Gasteiger partial charge >= 0.3 is 6.18 Å².